The summed E-state index contributed by atoms with van der Waals surface area (Å²) in [4.78, 5) is 12.8. The summed E-state index contributed by atoms with van der Waals surface area (Å²) < 4.78 is 47.7. The lowest BCUT2D eigenvalue weighted by Crippen LogP contribution is -2.21. The van der Waals surface area contributed by atoms with E-state index in [1.54, 1.807) is 18.2 Å². The number of aryl methyl sites for hydroxylation is 1. The summed E-state index contributed by atoms with van der Waals surface area (Å²) in [7, 11) is 0. The fourth-order valence-electron chi connectivity index (χ4n) is 2.82. The number of carbonyl (C=O) groups is 1. The standard InChI is InChI=1S/C21H19ClF3N3O2/c1-3-10-30-18-11-13(2)4-9-17(18)27-20(29)16-12-26-28(19(16)21(23,24)25)15-7-5-14(22)6-8-15/h4-9,11-12H,3,10H2,1-2H3,(H,27,29). The highest BCUT2D eigenvalue weighted by molar-refractivity contribution is 6.30. The van der Waals surface area contributed by atoms with Crippen LogP contribution < -0.4 is 10.1 Å². The zero-order valence-electron chi connectivity index (χ0n) is 16.3. The van der Waals surface area contributed by atoms with Crippen LogP contribution in [0.5, 0.6) is 5.75 Å². The van der Waals surface area contributed by atoms with E-state index in [9.17, 15) is 18.0 Å². The third kappa shape index (κ3) is 4.76. The van der Waals surface area contributed by atoms with Gasteiger partial charge in [-0.1, -0.05) is 24.6 Å². The van der Waals surface area contributed by atoms with Crippen LogP contribution in [0, 0.1) is 6.92 Å². The number of hydrogen-bond donors (Lipinski definition) is 1. The fourth-order valence-corrected chi connectivity index (χ4v) is 2.95. The first-order chi connectivity index (χ1) is 14.2. The molecule has 0 bridgehead atoms. The minimum atomic E-state index is -4.81. The quantitative estimate of drug-likeness (QED) is 0.522. The van der Waals surface area contributed by atoms with Gasteiger partial charge in [0, 0.05) is 5.02 Å². The molecular formula is C21H19ClF3N3O2. The molecule has 0 aliphatic rings. The Kier molecular flexibility index (Phi) is 6.36. The lowest BCUT2D eigenvalue weighted by atomic mass is 10.1. The van der Waals surface area contributed by atoms with Crippen molar-refractivity contribution in [1.29, 1.82) is 0 Å². The zero-order valence-corrected chi connectivity index (χ0v) is 17.0. The van der Waals surface area contributed by atoms with Crippen molar-refractivity contribution in [1.82, 2.24) is 9.78 Å². The second-order valence-electron chi connectivity index (χ2n) is 6.60. The van der Waals surface area contributed by atoms with E-state index < -0.39 is 23.3 Å². The molecule has 1 N–H and O–H groups in total. The molecule has 30 heavy (non-hydrogen) atoms. The number of benzene rings is 2. The van der Waals surface area contributed by atoms with Crippen molar-refractivity contribution < 1.29 is 22.7 Å². The summed E-state index contributed by atoms with van der Waals surface area (Å²) in [6, 6.07) is 10.7. The third-order valence-corrected chi connectivity index (χ3v) is 4.45. The molecule has 0 unspecified atom stereocenters. The highest BCUT2D eigenvalue weighted by Crippen LogP contribution is 2.35. The molecule has 9 heteroatoms. The van der Waals surface area contributed by atoms with Crippen molar-refractivity contribution in [3.8, 4) is 11.4 Å². The van der Waals surface area contributed by atoms with Gasteiger partial charge in [0.15, 0.2) is 5.69 Å². The first-order valence-corrected chi connectivity index (χ1v) is 9.54. The van der Waals surface area contributed by atoms with Gasteiger partial charge >= 0.3 is 6.18 Å². The predicted octanol–water partition coefficient (Wildman–Crippen LogP) is 5.89. The molecule has 0 spiro atoms. The van der Waals surface area contributed by atoms with Gasteiger partial charge < -0.3 is 10.1 Å². The van der Waals surface area contributed by atoms with E-state index in [1.807, 2.05) is 13.8 Å². The number of amides is 1. The van der Waals surface area contributed by atoms with E-state index >= 15 is 0 Å². The number of halogens is 4. The van der Waals surface area contributed by atoms with E-state index in [0.717, 1.165) is 18.2 Å². The summed E-state index contributed by atoms with van der Waals surface area (Å²) in [5, 5.41) is 6.68. The zero-order chi connectivity index (χ0) is 21.9. The minimum absolute atomic E-state index is 0.132. The molecule has 1 aromatic heterocycles. The van der Waals surface area contributed by atoms with Crippen molar-refractivity contribution >= 4 is 23.2 Å². The Morgan fingerprint density at radius 2 is 1.90 bits per heavy atom. The largest absolute Gasteiger partial charge is 0.491 e. The van der Waals surface area contributed by atoms with Crippen molar-refractivity contribution in [2.45, 2.75) is 26.4 Å². The molecule has 0 aliphatic heterocycles. The smallest absolute Gasteiger partial charge is 0.434 e. The van der Waals surface area contributed by atoms with Crippen molar-refractivity contribution in [2.75, 3.05) is 11.9 Å². The lowest BCUT2D eigenvalue weighted by molar-refractivity contribution is -0.143. The summed E-state index contributed by atoms with van der Waals surface area (Å²) in [6.07, 6.45) is -3.17. The van der Waals surface area contributed by atoms with E-state index in [1.165, 1.54) is 24.3 Å². The van der Waals surface area contributed by atoms with Gasteiger partial charge in [-0.15, -0.1) is 0 Å². The fraction of sp³-hybridized carbons (Fsp3) is 0.238. The molecule has 0 fully saturated rings. The lowest BCUT2D eigenvalue weighted by Gasteiger charge is -2.15. The maximum absolute atomic E-state index is 13.8. The van der Waals surface area contributed by atoms with Gasteiger partial charge in [0.05, 0.1) is 29.7 Å². The Labute approximate surface area is 176 Å². The Bertz CT molecular complexity index is 1050. The Balaban J connectivity index is 1.98. The van der Waals surface area contributed by atoms with Crippen LogP contribution in [0.15, 0.2) is 48.7 Å². The predicted molar refractivity (Wildman–Crippen MR) is 108 cm³/mol. The number of rotatable bonds is 6. The van der Waals surface area contributed by atoms with Gasteiger partial charge in [-0.3, -0.25) is 4.79 Å². The number of ether oxygens (including phenoxy) is 1. The molecule has 0 saturated carbocycles. The first-order valence-electron chi connectivity index (χ1n) is 9.16. The van der Waals surface area contributed by atoms with E-state index in [4.69, 9.17) is 16.3 Å². The molecule has 0 aliphatic carbocycles. The van der Waals surface area contributed by atoms with Gasteiger partial charge in [0.2, 0.25) is 0 Å². The van der Waals surface area contributed by atoms with Gasteiger partial charge in [0.25, 0.3) is 5.91 Å². The van der Waals surface area contributed by atoms with Crippen LogP contribution in [0.1, 0.15) is 35.0 Å². The van der Waals surface area contributed by atoms with Crippen LogP contribution >= 0.6 is 11.6 Å². The summed E-state index contributed by atoms with van der Waals surface area (Å²) in [5.41, 5.74) is -0.463. The normalized spacial score (nSPS) is 11.4. The number of nitrogens with one attached hydrogen (secondary N) is 1. The number of nitrogens with zero attached hydrogens (tertiary/aromatic N) is 2. The minimum Gasteiger partial charge on any atom is -0.491 e. The molecule has 1 amide bonds. The summed E-state index contributed by atoms with van der Waals surface area (Å²) in [5.74, 6) is -0.545. The van der Waals surface area contributed by atoms with Gasteiger partial charge in [-0.2, -0.15) is 18.3 Å². The molecule has 0 atom stereocenters. The van der Waals surface area contributed by atoms with Crippen LogP contribution in [-0.4, -0.2) is 22.3 Å². The molecule has 0 radical (unpaired) electrons. The Hall–Kier alpha value is -3.00. The second-order valence-corrected chi connectivity index (χ2v) is 7.03. The molecule has 0 saturated heterocycles. The summed E-state index contributed by atoms with van der Waals surface area (Å²) >= 11 is 5.81. The highest BCUT2D eigenvalue weighted by atomic mass is 35.5. The maximum atomic E-state index is 13.8. The number of carbonyl (C=O) groups excluding carboxylic acids is 1. The monoisotopic (exact) mass is 437 g/mol. The molecule has 3 aromatic rings. The number of hydrogen-bond acceptors (Lipinski definition) is 3. The van der Waals surface area contributed by atoms with Gasteiger partial charge in [-0.05, 0) is 55.3 Å². The van der Waals surface area contributed by atoms with Crippen molar-refractivity contribution in [3.05, 3.63) is 70.5 Å². The van der Waals surface area contributed by atoms with Gasteiger partial charge in [-0.25, -0.2) is 4.68 Å². The topological polar surface area (TPSA) is 56.1 Å². The van der Waals surface area contributed by atoms with Crippen LogP contribution in [-0.2, 0) is 6.18 Å². The van der Waals surface area contributed by atoms with Crippen LogP contribution in [0.3, 0.4) is 0 Å². The average molecular weight is 438 g/mol. The molecular weight excluding hydrogens is 419 g/mol. The maximum Gasteiger partial charge on any atom is 0.434 e. The first kappa shape index (κ1) is 21.7. The van der Waals surface area contributed by atoms with Gasteiger partial charge in [0.1, 0.15) is 5.75 Å². The van der Waals surface area contributed by atoms with Crippen LogP contribution in [0.25, 0.3) is 5.69 Å². The average Bonchev–Trinajstić information content (AvgIpc) is 3.14. The van der Waals surface area contributed by atoms with E-state index in [2.05, 4.69) is 10.4 Å². The van der Waals surface area contributed by atoms with E-state index in [-0.39, 0.29) is 11.4 Å². The van der Waals surface area contributed by atoms with Crippen molar-refractivity contribution in [2.24, 2.45) is 0 Å². The second kappa shape index (κ2) is 8.79. The molecule has 1 heterocycles. The highest BCUT2D eigenvalue weighted by Gasteiger charge is 2.40. The number of anilines is 1. The Morgan fingerprint density at radius 3 is 2.53 bits per heavy atom. The molecule has 158 valence electrons. The van der Waals surface area contributed by atoms with Crippen molar-refractivity contribution in [3.63, 3.8) is 0 Å². The third-order valence-electron chi connectivity index (χ3n) is 4.20. The van der Waals surface area contributed by atoms with Crippen LogP contribution in [0.4, 0.5) is 18.9 Å². The van der Waals surface area contributed by atoms with E-state index in [0.29, 0.717) is 22.1 Å². The number of alkyl halides is 3. The molecule has 3 rings (SSSR count). The Morgan fingerprint density at radius 1 is 1.20 bits per heavy atom. The van der Waals surface area contributed by atoms with Crippen LogP contribution in [0.2, 0.25) is 5.02 Å². The molecule has 2 aromatic carbocycles. The molecule has 5 nitrogen and oxygen atoms in total. The summed E-state index contributed by atoms with van der Waals surface area (Å²) in [6.45, 7) is 4.19. The number of aromatic nitrogens is 2. The SMILES string of the molecule is CCCOc1cc(C)ccc1NC(=O)c1cnn(-c2ccc(Cl)cc2)c1C(F)(F)F.